The molecule has 0 saturated carbocycles. The van der Waals surface area contributed by atoms with E-state index in [1.165, 1.54) is 0 Å². The first-order valence-electron chi connectivity index (χ1n) is 7.69. The van der Waals surface area contributed by atoms with Crippen LogP contribution in [0, 0.1) is 20.2 Å². The van der Waals surface area contributed by atoms with Gasteiger partial charge in [-0.15, -0.1) is 0 Å². The lowest BCUT2D eigenvalue weighted by atomic mass is 10.1. The van der Waals surface area contributed by atoms with Crippen LogP contribution < -0.4 is 4.18 Å². The zero-order chi connectivity index (χ0) is 25.8. The van der Waals surface area contributed by atoms with Crippen LogP contribution in [-0.2, 0) is 10.1 Å². The maximum absolute atomic E-state index is 13.9. The Morgan fingerprint density at radius 1 is 0.758 bits per heavy atom. The minimum Gasteiger partial charge on any atom is -0.370 e. The van der Waals surface area contributed by atoms with Crippen molar-refractivity contribution in [2.24, 2.45) is 0 Å². The number of hydrogen-bond donors (Lipinski definition) is 0. The molecule has 0 atom stereocenters. The monoisotopic (exact) mass is 516 g/mol. The smallest absolute Gasteiger partial charge is 0.370 e. The van der Waals surface area contributed by atoms with Gasteiger partial charge >= 0.3 is 39.1 Å². The Balaban J connectivity index is 2.80. The number of nitro groups is 2. The van der Waals surface area contributed by atoms with Crippen molar-refractivity contribution in [1.29, 1.82) is 0 Å². The average molecular weight is 516 g/mol. The van der Waals surface area contributed by atoms with Crippen LogP contribution in [0.5, 0.6) is 5.75 Å². The second kappa shape index (κ2) is 7.59. The molecule has 9 nitrogen and oxygen atoms in total. The number of hydrogen-bond acceptors (Lipinski definition) is 7. The summed E-state index contributed by atoms with van der Waals surface area (Å²) in [7, 11) is -7.53. The van der Waals surface area contributed by atoms with E-state index in [4.69, 9.17) is 0 Å². The van der Waals surface area contributed by atoms with Gasteiger partial charge in [0, 0.05) is 5.39 Å². The van der Waals surface area contributed by atoms with Crippen LogP contribution in [0.4, 0.5) is 50.9 Å². The Bertz CT molecular complexity index is 1250. The minimum absolute atomic E-state index is 0.0200. The molecule has 0 aliphatic heterocycles. The first-order chi connectivity index (χ1) is 14.7. The first kappa shape index (κ1) is 25.9. The lowest BCUT2D eigenvalue weighted by Gasteiger charge is -2.32. The molecule has 2 rings (SSSR count). The minimum atomic E-state index is -7.65. The third kappa shape index (κ3) is 3.85. The average Bonchev–Trinajstić information content (AvgIpc) is 2.66. The molecule has 0 bridgehead atoms. The Morgan fingerprint density at radius 2 is 1.21 bits per heavy atom. The van der Waals surface area contributed by atoms with Crippen molar-refractivity contribution in [3.8, 4) is 5.75 Å². The molecule has 0 amide bonds. The molecule has 0 unspecified atom stereocenters. The summed E-state index contributed by atoms with van der Waals surface area (Å²) in [6.07, 6.45) is -7.35. The molecule has 2 aromatic rings. The summed E-state index contributed by atoms with van der Waals surface area (Å²) in [5, 5.41) is 13.2. The number of nitro benzene ring substituents is 2. The van der Waals surface area contributed by atoms with Crippen molar-refractivity contribution in [3.05, 3.63) is 50.6 Å². The number of rotatable bonds is 7. The molecule has 19 heteroatoms. The summed E-state index contributed by atoms with van der Waals surface area (Å²) >= 11 is 0. The summed E-state index contributed by atoms with van der Waals surface area (Å²) in [6.45, 7) is 0. The van der Waals surface area contributed by atoms with E-state index in [1.54, 1.807) is 0 Å². The van der Waals surface area contributed by atoms with E-state index < -0.39 is 71.1 Å². The molecule has 182 valence electrons. The molecule has 0 heterocycles. The third-order valence-electron chi connectivity index (χ3n) is 3.97. The Kier molecular flexibility index (Phi) is 5.95. The van der Waals surface area contributed by atoms with Crippen molar-refractivity contribution in [2.75, 3.05) is 0 Å². The Morgan fingerprint density at radius 3 is 1.64 bits per heavy atom. The fourth-order valence-electron chi connectivity index (χ4n) is 2.37. The van der Waals surface area contributed by atoms with E-state index in [9.17, 15) is 68.2 Å². The molecule has 0 aromatic heterocycles. The Hall–Kier alpha value is -3.38. The van der Waals surface area contributed by atoms with E-state index in [2.05, 4.69) is 4.18 Å². The number of non-ortho nitro benzene ring substituents is 1. The van der Waals surface area contributed by atoms with Gasteiger partial charge in [0.25, 0.3) is 5.69 Å². The fourth-order valence-corrected chi connectivity index (χ4v) is 3.31. The van der Waals surface area contributed by atoms with Gasteiger partial charge in [-0.05, 0) is 6.07 Å². The normalized spacial score (nSPS) is 13.7. The highest BCUT2D eigenvalue weighted by molar-refractivity contribution is 7.88. The lowest BCUT2D eigenvalue weighted by Crippen LogP contribution is -2.63. The third-order valence-corrected chi connectivity index (χ3v) is 5.24. The lowest BCUT2D eigenvalue weighted by molar-refractivity contribution is -0.393. The van der Waals surface area contributed by atoms with Crippen LogP contribution in [0.25, 0.3) is 10.8 Å². The molecule has 33 heavy (non-hydrogen) atoms. The van der Waals surface area contributed by atoms with Gasteiger partial charge in [-0.1, -0.05) is 18.2 Å². The van der Waals surface area contributed by atoms with Crippen LogP contribution in [-0.4, -0.2) is 41.5 Å². The van der Waals surface area contributed by atoms with E-state index in [0.717, 1.165) is 18.2 Å². The fraction of sp³-hybridized carbons (Fsp3) is 0.286. The second-order valence-electron chi connectivity index (χ2n) is 6.00. The second-order valence-corrected chi connectivity index (χ2v) is 7.59. The molecule has 0 spiro atoms. The standard InChI is InChI=1S/C14H5F9N2O7S/c15-11(16,13(19,20)21)12(17,18)14(22,23)33(30,31)32-10-7-4-2-1-3-6(7)8(24(26)27)5-9(10)25(28)29/h1-5H. The molecular weight excluding hydrogens is 511 g/mol. The van der Waals surface area contributed by atoms with Gasteiger partial charge in [-0.2, -0.15) is 47.9 Å². The highest BCUT2D eigenvalue weighted by Gasteiger charge is 2.86. The van der Waals surface area contributed by atoms with Crippen LogP contribution >= 0.6 is 0 Å². The van der Waals surface area contributed by atoms with Crippen LogP contribution in [0.3, 0.4) is 0 Å². The van der Waals surface area contributed by atoms with E-state index in [0.29, 0.717) is 6.07 Å². The molecular formula is C14H5F9N2O7S. The number of benzene rings is 2. The van der Waals surface area contributed by atoms with Crippen molar-refractivity contribution in [1.82, 2.24) is 0 Å². The number of alkyl halides is 9. The highest BCUT2D eigenvalue weighted by atomic mass is 32.2. The first-order valence-corrected chi connectivity index (χ1v) is 9.10. The van der Waals surface area contributed by atoms with Gasteiger partial charge in [-0.25, -0.2) is 0 Å². The van der Waals surface area contributed by atoms with Crippen LogP contribution in [0.1, 0.15) is 0 Å². The van der Waals surface area contributed by atoms with Gasteiger partial charge < -0.3 is 4.18 Å². The predicted octanol–water partition coefficient (Wildman–Crippen LogP) is 4.79. The largest absolute Gasteiger partial charge is 0.460 e. The molecule has 0 N–H and O–H groups in total. The van der Waals surface area contributed by atoms with Crippen molar-refractivity contribution >= 4 is 32.3 Å². The van der Waals surface area contributed by atoms with Gasteiger partial charge in [0.05, 0.1) is 21.3 Å². The van der Waals surface area contributed by atoms with Crippen LogP contribution in [0.15, 0.2) is 30.3 Å². The van der Waals surface area contributed by atoms with Gasteiger partial charge in [0.1, 0.15) is 0 Å². The van der Waals surface area contributed by atoms with Crippen molar-refractivity contribution < 1.29 is 62.0 Å². The topological polar surface area (TPSA) is 130 Å². The zero-order valence-electron chi connectivity index (χ0n) is 14.9. The molecule has 0 fully saturated rings. The van der Waals surface area contributed by atoms with Gasteiger partial charge in [-0.3, -0.25) is 20.2 Å². The molecule has 0 aliphatic rings. The number of fused-ring (bicyclic) bond motifs is 1. The summed E-state index contributed by atoms with van der Waals surface area (Å²) in [5.74, 6) is -17.1. The van der Waals surface area contributed by atoms with E-state index in [1.807, 2.05) is 0 Å². The van der Waals surface area contributed by atoms with Gasteiger partial charge in [0.15, 0.2) is 0 Å². The maximum atomic E-state index is 13.9. The summed E-state index contributed by atoms with van der Waals surface area (Å²) in [4.78, 5) is 19.4. The molecule has 0 radical (unpaired) electrons. The predicted molar refractivity (Wildman–Crippen MR) is 87.7 cm³/mol. The summed E-state index contributed by atoms with van der Waals surface area (Å²) < 4.78 is 145. The quantitative estimate of drug-likeness (QED) is 0.224. The van der Waals surface area contributed by atoms with E-state index >= 15 is 0 Å². The SMILES string of the molecule is O=[N+]([O-])c1cc([N+](=O)[O-])c2ccccc2c1OS(=O)(=O)C(F)(F)C(F)(F)C(F)(F)C(F)(F)F. The van der Waals surface area contributed by atoms with Crippen molar-refractivity contribution in [3.63, 3.8) is 0 Å². The van der Waals surface area contributed by atoms with E-state index in [-0.39, 0.29) is 6.07 Å². The summed E-state index contributed by atoms with van der Waals surface area (Å²) in [5.41, 5.74) is -2.88. The van der Waals surface area contributed by atoms with Crippen LogP contribution in [0.2, 0.25) is 0 Å². The van der Waals surface area contributed by atoms with Crippen molar-refractivity contribution in [2.45, 2.75) is 23.3 Å². The van der Waals surface area contributed by atoms with Gasteiger partial charge in [0.2, 0.25) is 5.75 Å². The number of nitrogens with zero attached hydrogens (tertiary/aromatic N) is 2. The number of halogens is 9. The zero-order valence-corrected chi connectivity index (χ0v) is 15.8. The Labute approximate surface area is 174 Å². The maximum Gasteiger partial charge on any atom is 0.460 e. The molecule has 2 aromatic carbocycles. The summed E-state index contributed by atoms with van der Waals surface area (Å²) in [6, 6.07) is 3.32. The highest BCUT2D eigenvalue weighted by Crippen LogP contribution is 2.55. The molecule has 0 saturated heterocycles. The molecule has 0 aliphatic carbocycles.